The summed E-state index contributed by atoms with van der Waals surface area (Å²) in [4.78, 5) is 29.4. The van der Waals surface area contributed by atoms with Crippen LogP contribution in [0.1, 0.15) is 30.6 Å². The molecule has 1 aromatic heterocycles. The molecule has 2 N–H and O–H groups in total. The number of carboxylic acid groups (broad SMARTS) is 1. The van der Waals surface area contributed by atoms with Crippen molar-refractivity contribution in [3.8, 4) is 11.3 Å². The summed E-state index contributed by atoms with van der Waals surface area (Å²) < 4.78 is 0. The molecule has 5 nitrogen and oxygen atoms in total. The Morgan fingerprint density at radius 2 is 1.92 bits per heavy atom. The van der Waals surface area contributed by atoms with Crippen LogP contribution in [0, 0.1) is 18.8 Å². The van der Waals surface area contributed by atoms with E-state index in [1.165, 1.54) is 11.3 Å². The number of amides is 1. The number of anilines is 1. The number of nitrogens with zero attached hydrogens (tertiary/aromatic N) is 1. The summed E-state index contributed by atoms with van der Waals surface area (Å²) in [7, 11) is 0. The average molecular weight is 413 g/mol. The molecule has 3 rings (SSSR count). The van der Waals surface area contributed by atoms with Gasteiger partial charge in [-0.3, -0.25) is 9.59 Å². The van der Waals surface area contributed by atoms with Gasteiger partial charge in [0.05, 0.1) is 22.6 Å². The van der Waals surface area contributed by atoms with E-state index in [1.54, 1.807) is 18.2 Å². The molecular weight excluding hydrogens is 395 g/mol. The lowest BCUT2D eigenvalue weighted by Gasteiger charge is -2.26. The molecule has 1 aromatic carbocycles. The number of aliphatic carboxylic acids is 1. The third-order valence-corrected chi connectivity index (χ3v) is 6.07. The number of halogens is 2. The molecule has 0 aliphatic heterocycles. The third kappa shape index (κ3) is 4.03. The van der Waals surface area contributed by atoms with E-state index in [-0.39, 0.29) is 5.91 Å². The number of rotatable bonds is 4. The maximum atomic E-state index is 12.6. The molecule has 0 unspecified atom stereocenters. The second-order valence-electron chi connectivity index (χ2n) is 6.37. The molecule has 0 radical (unpaired) electrons. The van der Waals surface area contributed by atoms with Gasteiger partial charge in [-0.25, -0.2) is 4.98 Å². The minimum atomic E-state index is -0.909. The van der Waals surface area contributed by atoms with E-state index in [0.29, 0.717) is 33.7 Å². The fraction of sp³-hybridized carbons (Fsp3) is 0.389. The zero-order chi connectivity index (χ0) is 18.8. The fourth-order valence-electron chi connectivity index (χ4n) is 3.32. The summed E-state index contributed by atoms with van der Waals surface area (Å²) in [5.41, 5.74) is 1.43. The number of nitrogens with one attached hydrogen (secondary N) is 1. The van der Waals surface area contributed by atoms with Crippen molar-refractivity contribution in [3.05, 3.63) is 33.1 Å². The molecule has 1 heterocycles. The molecular formula is C18H18Cl2N2O3S. The first kappa shape index (κ1) is 19.1. The van der Waals surface area contributed by atoms with Crippen molar-refractivity contribution in [1.82, 2.24) is 4.98 Å². The summed E-state index contributed by atoms with van der Waals surface area (Å²) >= 11 is 13.5. The largest absolute Gasteiger partial charge is 0.481 e. The van der Waals surface area contributed by atoms with Crippen molar-refractivity contribution >= 4 is 51.5 Å². The van der Waals surface area contributed by atoms with Gasteiger partial charge in [-0.2, -0.15) is 0 Å². The monoisotopic (exact) mass is 412 g/mol. The van der Waals surface area contributed by atoms with Crippen molar-refractivity contribution in [2.24, 2.45) is 11.8 Å². The van der Waals surface area contributed by atoms with Gasteiger partial charge in [-0.15, -0.1) is 11.3 Å². The van der Waals surface area contributed by atoms with Gasteiger partial charge in [0.1, 0.15) is 0 Å². The van der Waals surface area contributed by atoms with Gasteiger partial charge in [-0.05, 0) is 38.0 Å². The Morgan fingerprint density at radius 3 is 2.58 bits per heavy atom. The second kappa shape index (κ2) is 7.94. The maximum Gasteiger partial charge on any atom is 0.307 e. The first-order chi connectivity index (χ1) is 12.4. The van der Waals surface area contributed by atoms with Crippen LogP contribution >= 0.6 is 34.5 Å². The second-order valence-corrected chi connectivity index (χ2v) is 8.42. The van der Waals surface area contributed by atoms with Crippen LogP contribution in [-0.2, 0) is 9.59 Å². The topological polar surface area (TPSA) is 79.3 Å². The van der Waals surface area contributed by atoms with Gasteiger partial charge in [0, 0.05) is 15.5 Å². The van der Waals surface area contributed by atoms with Gasteiger partial charge >= 0.3 is 5.97 Å². The lowest BCUT2D eigenvalue weighted by molar-refractivity contribution is -0.147. The van der Waals surface area contributed by atoms with Crippen LogP contribution in [-0.4, -0.2) is 22.0 Å². The molecule has 2 aromatic rings. The first-order valence-corrected chi connectivity index (χ1v) is 9.90. The number of carboxylic acids is 1. The molecule has 26 heavy (non-hydrogen) atoms. The summed E-state index contributed by atoms with van der Waals surface area (Å²) in [6, 6.07) is 5.17. The number of hydrogen-bond acceptors (Lipinski definition) is 4. The van der Waals surface area contributed by atoms with Crippen LogP contribution in [0.25, 0.3) is 11.3 Å². The smallest absolute Gasteiger partial charge is 0.307 e. The maximum absolute atomic E-state index is 12.6. The molecule has 1 saturated carbocycles. The Kier molecular flexibility index (Phi) is 5.85. The third-order valence-electron chi connectivity index (χ3n) is 4.63. The highest BCUT2D eigenvalue weighted by Gasteiger charge is 2.36. The Bertz CT molecular complexity index is 853. The molecule has 138 valence electrons. The van der Waals surface area contributed by atoms with E-state index in [9.17, 15) is 14.7 Å². The molecule has 1 fully saturated rings. The van der Waals surface area contributed by atoms with E-state index < -0.39 is 17.8 Å². The minimum absolute atomic E-state index is 0.278. The molecule has 0 spiro atoms. The van der Waals surface area contributed by atoms with E-state index >= 15 is 0 Å². The zero-order valence-corrected chi connectivity index (χ0v) is 16.4. The molecule has 1 aliphatic rings. The normalized spacial score (nSPS) is 20.0. The number of aryl methyl sites for hydroxylation is 1. The number of hydrogen-bond donors (Lipinski definition) is 2. The summed E-state index contributed by atoms with van der Waals surface area (Å²) in [5.74, 6) is -2.34. The van der Waals surface area contributed by atoms with Gasteiger partial charge in [0.15, 0.2) is 5.13 Å². The van der Waals surface area contributed by atoms with Gasteiger partial charge in [0.2, 0.25) is 5.91 Å². The summed E-state index contributed by atoms with van der Waals surface area (Å²) in [5, 5.41) is 13.6. The van der Waals surface area contributed by atoms with E-state index in [0.717, 1.165) is 23.3 Å². The Morgan fingerprint density at radius 1 is 1.23 bits per heavy atom. The highest BCUT2D eigenvalue weighted by atomic mass is 35.5. The summed E-state index contributed by atoms with van der Waals surface area (Å²) in [6.45, 7) is 1.90. The molecule has 1 aliphatic carbocycles. The summed E-state index contributed by atoms with van der Waals surface area (Å²) in [6.07, 6.45) is 2.83. The van der Waals surface area contributed by atoms with E-state index in [2.05, 4.69) is 10.3 Å². The molecule has 8 heteroatoms. The quantitative estimate of drug-likeness (QED) is 0.717. The fourth-order valence-corrected chi connectivity index (χ4v) is 4.65. The van der Waals surface area contributed by atoms with Crippen molar-refractivity contribution in [3.63, 3.8) is 0 Å². The zero-order valence-electron chi connectivity index (χ0n) is 14.1. The van der Waals surface area contributed by atoms with Crippen LogP contribution in [0.15, 0.2) is 18.2 Å². The van der Waals surface area contributed by atoms with Crippen LogP contribution in [0.3, 0.4) is 0 Å². The highest BCUT2D eigenvalue weighted by molar-refractivity contribution is 7.16. The van der Waals surface area contributed by atoms with E-state index in [1.807, 2.05) is 6.92 Å². The van der Waals surface area contributed by atoms with Gasteiger partial charge in [0.25, 0.3) is 0 Å². The molecule has 2 atom stereocenters. The SMILES string of the molecule is Cc1sc(NC(=O)[C@H]2CCCC[C@@H]2C(=O)O)nc1-c1ccc(Cl)cc1Cl. The van der Waals surface area contributed by atoms with E-state index in [4.69, 9.17) is 23.2 Å². The van der Waals surface area contributed by atoms with Gasteiger partial charge in [-0.1, -0.05) is 36.0 Å². The van der Waals surface area contributed by atoms with Gasteiger partial charge < -0.3 is 10.4 Å². The lowest BCUT2D eigenvalue weighted by atomic mass is 9.79. The Labute approximate surface area is 165 Å². The molecule has 1 amide bonds. The predicted octanol–water partition coefficient (Wildman–Crippen LogP) is 5.25. The Balaban J connectivity index is 1.80. The first-order valence-electron chi connectivity index (χ1n) is 8.33. The van der Waals surface area contributed by atoms with Crippen molar-refractivity contribution in [2.75, 3.05) is 5.32 Å². The molecule has 0 saturated heterocycles. The number of benzene rings is 1. The van der Waals surface area contributed by atoms with Crippen LogP contribution in [0.4, 0.5) is 5.13 Å². The lowest BCUT2D eigenvalue weighted by Crippen LogP contribution is -2.36. The Hall–Kier alpha value is -1.63. The minimum Gasteiger partial charge on any atom is -0.481 e. The number of carbonyl (C=O) groups is 2. The molecule has 0 bridgehead atoms. The van der Waals surface area contributed by atoms with Crippen LogP contribution in [0.2, 0.25) is 10.0 Å². The van der Waals surface area contributed by atoms with Crippen molar-refractivity contribution < 1.29 is 14.7 Å². The van der Waals surface area contributed by atoms with Crippen LogP contribution in [0.5, 0.6) is 0 Å². The standard InChI is InChI=1S/C18H18Cl2N2O3S/c1-9-15(13-7-6-10(19)8-14(13)20)21-18(26-9)22-16(23)11-4-2-3-5-12(11)17(24)25/h6-8,11-12H,2-5H2,1H3,(H,24,25)(H,21,22,23)/t11-,12-/m0/s1. The van der Waals surface area contributed by atoms with Crippen molar-refractivity contribution in [2.45, 2.75) is 32.6 Å². The number of carbonyl (C=O) groups excluding carboxylic acids is 1. The number of aromatic nitrogens is 1. The average Bonchev–Trinajstić information content (AvgIpc) is 2.94. The highest BCUT2D eigenvalue weighted by Crippen LogP contribution is 2.37. The van der Waals surface area contributed by atoms with Crippen molar-refractivity contribution in [1.29, 1.82) is 0 Å². The predicted molar refractivity (Wildman–Crippen MR) is 104 cm³/mol. The number of thiazole rings is 1. The van der Waals surface area contributed by atoms with Crippen LogP contribution < -0.4 is 5.32 Å².